The van der Waals surface area contributed by atoms with Crippen LogP contribution in [0.4, 0.5) is 10.5 Å². The highest BCUT2D eigenvalue weighted by molar-refractivity contribution is 5.89. The third-order valence-corrected chi connectivity index (χ3v) is 5.56. The van der Waals surface area contributed by atoms with Crippen LogP contribution in [0.1, 0.15) is 35.6 Å². The van der Waals surface area contributed by atoms with Crippen molar-refractivity contribution in [3.8, 4) is 5.75 Å². The van der Waals surface area contributed by atoms with E-state index in [4.69, 9.17) is 4.74 Å². The van der Waals surface area contributed by atoms with Gasteiger partial charge in [-0.2, -0.15) is 0 Å². The lowest BCUT2D eigenvalue weighted by Gasteiger charge is -2.21. The first kappa shape index (κ1) is 18.3. The molecule has 0 bridgehead atoms. The van der Waals surface area contributed by atoms with Crippen LogP contribution in [0.3, 0.4) is 0 Å². The second kappa shape index (κ2) is 7.92. The molecule has 0 aliphatic carbocycles. The number of fused-ring (bicyclic) bond motifs is 1. The number of nitrogens with one attached hydrogen (secondary N) is 2. The third kappa shape index (κ3) is 3.81. The molecule has 4 rings (SSSR count). The van der Waals surface area contributed by atoms with Gasteiger partial charge in [0.2, 0.25) is 5.91 Å². The van der Waals surface area contributed by atoms with E-state index in [1.54, 1.807) is 7.11 Å². The van der Waals surface area contributed by atoms with Crippen molar-refractivity contribution in [2.24, 2.45) is 0 Å². The summed E-state index contributed by atoms with van der Waals surface area (Å²) in [5, 5.41) is 5.98. The smallest absolute Gasteiger partial charge is 0.321 e. The van der Waals surface area contributed by atoms with Crippen LogP contribution in [-0.4, -0.2) is 37.0 Å². The number of anilines is 1. The van der Waals surface area contributed by atoms with E-state index in [-0.39, 0.29) is 18.0 Å². The van der Waals surface area contributed by atoms with Crippen molar-refractivity contribution in [3.05, 3.63) is 59.2 Å². The number of hydrogen-bond donors (Lipinski definition) is 2. The average Bonchev–Trinajstić information content (AvgIpc) is 3.02. The minimum Gasteiger partial charge on any atom is -0.496 e. The molecule has 2 heterocycles. The SMILES string of the molecule is COc1cccc2c1CCN(C(=O)Nc1cccc([C@H]3CCC(=O)N3)c1)CC2. The van der Waals surface area contributed by atoms with Gasteiger partial charge in [0.1, 0.15) is 5.75 Å². The molecule has 1 atom stereocenters. The van der Waals surface area contributed by atoms with Gasteiger partial charge in [0.15, 0.2) is 0 Å². The maximum absolute atomic E-state index is 12.8. The summed E-state index contributed by atoms with van der Waals surface area (Å²) in [6.45, 7) is 1.32. The Morgan fingerprint density at radius 1 is 1.14 bits per heavy atom. The zero-order valence-corrected chi connectivity index (χ0v) is 16.0. The van der Waals surface area contributed by atoms with E-state index in [1.165, 1.54) is 11.1 Å². The van der Waals surface area contributed by atoms with Crippen molar-refractivity contribution >= 4 is 17.6 Å². The first-order chi connectivity index (χ1) is 13.6. The number of benzene rings is 2. The Morgan fingerprint density at radius 3 is 2.75 bits per heavy atom. The zero-order chi connectivity index (χ0) is 19.5. The van der Waals surface area contributed by atoms with Crippen LogP contribution >= 0.6 is 0 Å². The summed E-state index contributed by atoms with van der Waals surface area (Å²) in [6, 6.07) is 13.8. The minimum absolute atomic E-state index is 0.0319. The van der Waals surface area contributed by atoms with Gasteiger partial charge in [0.25, 0.3) is 0 Å². The van der Waals surface area contributed by atoms with Gasteiger partial charge >= 0.3 is 6.03 Å². The van der Waals surface area contributed by atoms with Crippen molar-refractivity contribution < 1.29 is 14.3 Å². The van der Waals surface area contributed by atoms with Crippen LogP contribution in [0.5, 0.6) is 5.75 Å². The highest BCUT2D eigenvalue weighted by atomic mass is 16.5. The summed E-state index contributed by atoms with van der Waals surface area (Å²) in [5.74, 6) is 0.977. The standard InChI is InChI=1S/C22H25N3O3/c1-28-20-7-3-4-15-10-12-25(13-11-18(15)20)22(27)23-17-6-2-5-16(14-17)19-8-9-21(26)24-19/h2-7,14,19H,8-13H2,1H3,(H,23,27)(H,24,26)/t19-/m1/s1. The summed E-state index contributed by atoms with van der Waals surface area (Å²) in [7, 11) is 1.69. The molecule has 6 nitrogen and oxygen atoms in total. The lowest BCUT2D eigenvalue weighted by molar-refractivity contribution is -0.119. The van der Waals surface area contributed by atoms with Crippen molar-refractivity contribution in [2.45, 2.75) is 31.7 Å². The maximum atomic E-state index is 12.8. The first-order valence-corrected chi connectivity index (χ1v) is 9.74. The molecule has 3 amide bonds. The average molecular weight is 379 g/mol. The molecule has 0 radical (unpaired) electrons. The van der Waals surface area contributed by atoms with E-state index in [9.17, 15) is 9.59 Å². The predicted octanol–water partition coefficient (Wildman–Crippen LogP) is 3.28. The Hall–Kier alpha value is -3.02. The van der Waals surface area contributed by atoms with E-state index >= 15 is 0 Å². The van der Waals surface area contributed by atoms with Gasteiger partial charge in [-0.25, -0.2) is 4.79 Å². The number of amides is 3. The van der Waals surface area contributed by atoms with Crippen molar-refractivity contribution in [2.75, 3.05) is 25.5 Å². The molecule has 0 saturated carbocycles. The Bertz CT molecular complexity index is 896. The molecular weight excluding hydrogens is 354 g/mol. The fourth-order valence-corrected chi connectivity index (χ4v) is 4.04. The minimum atomic E-state index is -0.0978. The van der Waals surface area contributed by atoms with Gasteiger partial charge in [0.05, 0.1) is 13.2 Å². The van der Waals surface area contributed by atoms with Crippen LogP contribution in [-0.2, 0) is 17.6 Å². The molecule has 0 unspecified atom stereocenters. The predicted molar refractivity (Wildman–Crippen MR) is 108 cm³/mol. The monoisotopic (exact) mass is 379 g/mol. The fraction of sp³-hybridized carbons (Fsp3) is 0.364. The lowest BCUT2D eigenvalue weighted by Crippen LogP contribution is -2.36. The van der Waals surface area contributed by atoms with Crippen molar-refractivity contribution in [1.29, 1.82) is 0 Å². The summed E-state index contributed by atoms with van der Waals surface area (Å²) < 4.78 is 5.48. The topological polar surface area (TPSA) is 70.7 Å². The van der Waals surface area contributed by atoms with E-state index < -0.39 is 0 Å². The van der Waals surface area contributed by atoms with Gasteiger partial charge in [-0.1, -0.05) is 24.3 Å². The molecule has 2 aromatic carbocycles. The number of carbonyl (C=O) groups is 2. The number of rotatable bonds is 3. The summed E-state index contributed by atoms with van der Waals surface area (Å²) >= 11 is 0. The van der Waals surface area contributed by atoms with Gasteiger partial charge in [-0.15, -0.1) is 0 Å². The summed E-state index contributed by atoms with van der Waals surface area (Å²) in [5.41, 5.74) is 4.22. The number of ether oxygens (including phenoxy) is 1. The van der Waals surface area contributed by atoms with Crippen LogP contribution in [0.25, 0.3) is 0 Å². The maximum Gasteiger partial charge on any atom is 0.321 e. The second-order valence-corrected chi connectivity index (χ2v) is 7.30. The summed E-state index contributed by atoms with van der Waals surface area (Å²) in [6.07, 6.45) is 2.94. The molecule has 2 aliphatic heterocycles. The molecule has 0 aromatic heterocycles. The third-order valence-electron chi connectivity index (χ3n) is 5.56. The molecule has 2 aliphatic rings. The molecule has 6 heteroatoms. The van der Waals surface area contributed by atoms with Gasteiger partial charge in [0, 0.05) is 25.2 Å². The van der Waals surface area contributed by atoms with Gasteiger partial charge in [-0.05, 0) is 54.2 Å². The molecule has 1 fully saturated rings. The Balaban J connectivity index is 1.43. The molecule has 2 aromatic rings. The quantitative estimate of drug-likeness (QED) is 0.860. The van der Waals surface area contributed by atoms with Crippen LogP contribution in [0.2, 0.25) is 0 Å². The summed E-state index contributed by atoms with van der Waals surface area (Å²) in [4.78, 5) is 26.1. The molecule has 0 spiro atoms. The normalized spacial score (nSPS) is 18.8. The van der Waals surface area contributed by atoms with Gasteiger partial charge in [-0.3, -0.25) is 4.79 Å². The van der Waals surface area contributed by atoms with E-state index in [0.717, 1.165) is 36.3 Å². The second-order valence-electron chi connectivity index (χ2n) is 7.30. The molecule has 2 N–H and O–H groups in total. The molecular formula is C22H25N3O3. The van der Waals surface area contributed by atoms with Crippen LogP contribution in [0.15, 0.2) is 42.5 Å². The lowest BCUT2D eigenvalue weighted by atomic mass is 10.0. The Morgan fingerprint density at radius 2 is 1.96 bits per heavy atom. The van der Waals surface area contributed by atoms with Crippen molar-refractivity contribution in [3.63, 3.8) is 0 Å². The number of urea groups is 1. The number of methoxy groups -OCH3 is 1. The highest BCUT2D eigenvalue weighted by Crippen LogP contribution is 2.27. The van der Waals surface area contributed by atoms with E-state index in [1.807, 2.05) is 41.3 Å². The zero-order valence-electron chi connectivity index (χ0n) is 16.0. The number of nitrogens with zero attached hydrogens (tertiary/aromatic N) is 1. The van der Waals surface area contributed by atoms with E-state index in [2.05, 4.69) is 16.7 Å². The Labute approximate surface area is 164 Å². The van der Waals surface area contributed by atoms with Crippen molar-refractivity contribution in [1.82, 2.24) is 10.2 Å². The van der Waals surface area contributed by atoms with Crippen LogP contribution in [0, 0.1) is 0 Å². The largest absolute Gasteiger partial charge is 0.496 e. The molecule has 1 saturated heterocycles. The molecule has 28 heavy (non-hydrogen) atoms. The van der Waals surface area contributed by atoms with E-state index in [0.29, 0.717) is 19.5 Å². The number of hydrogen-bond acceptors (Lipinski definition) is 3. The Kier molecular flexibility index (Phi) is 5.19. The molecule has 146 valence electrons. The fourth-order valence-electron chi connectivity index (χ4n) is 4.04. The van der Waals surface area contributed by atoms with Crippen LogP contribution < -0.4 is 15.4 Å². The highest BCUT2D eigenvalue weighted by Gasteiger charge is 2.23. The van der Waals surface area contributed by atoms with Gasteiger partial charge < -0.3 is 20.3 Å². The first-order valence-electron chi connectivity index (χ1n) is 9.74. The number of carbonyl (C=O) groups excluding carboxylic acids is 2.